The summed E-state index contributed by atoms with van der Waals surface area (Å²) in [6, 6.07) is 0. The minimum Gasteiger partial charge on any atom is -0.445 e. The summed E-state index contributed by atoms with van der Waals surface area (Å²) in [6.45, 7) is 3.23. The highest BCUT2D eigenvalue weighted by Crippen LogP contribution is 2.30. The lowest BCUT2D eigenvalue weighted by Crippen LogP contribution is -2.27. The Morgan fingerprint density at radius 2 is 2.14 bits per heavy atom. The molecule has 0 saturated heterocycles. The van der Waals surface area contributed by atoms with Crippen LogP contribution in [-0.2, 0) is 12.6 Å². The van der Waals surface area contributed by atoms with Crippen LogP contribution in [0.2, 0.25) is 0 Å². The van der Waals surface area contributed by atoms with Gasteiger partial charge in [-0.15, -0.1) is 0 Å². The Hall–Kier alpha value is -2.32. The first-order valence-electron chi connectivity index (χ1n) is 6.10. The first-order valence-corrected chi connectivity index (χ1v) is 6.10. The molecule has 2 aromatic heterocycles. The number of oxazole rings is 1. The average Bonchev–Trinajstić information content (AvgIpc) is 2.95. The lowest BCUT2D eigenvalue weighted by Gasteiger charge is -2.07. The molecule has 0 saturated carbocycles. The summed E-state index contributed by atoms with van der Waals surface area (Å²) in [6.07, 6.45) is -3.39. The molecule has 2 aromatic rings. The summed E-state index contributed by atoms with van der Waals surface area (Å²) >= 11 is 0. The molecule has 0 radical (unpaired) electrons. The van der Waals surface area contributed by atoms with Gasteiger partial charge in [0.1, 0.15) is 11.5 Å². The third-order valence-corrected chi connectivity index (χ3v) is 2.80. The van der Waals surface area contributed by atoms with E-state index in [1.165, 1.54) is 0 Å². The van der Waals surface area contributed by atoms with Crippen LogP contribution in [0.25, 0.3) is 0 Å². The van der Waals surface area contributed by atoms with Gasteiger partial charge in [0.25, 0.3) is 5.91 Å². The van der Waals surface area contributed by atoms with Gasteiger partial charge in [-0.05, 0) is 13.3 Å². The third kappa shape index (κ3) is 3.41. The van der Waals surface area contributed by atoms with Crippen LogP contribution in [0.1, 0.15) is 33.4 Å². The van der Waals surface area contributed by atoms with E-state index in [-0.39, 0.29) is 24.2 Å². The zero-order valence-corrected chi connectivity index (χ0v) is 11.3. The molecule has 0 bridgehead atoms. The number of hydrogen-bond donors (Lipinski definition) is 2. The highest BCUT2D eigenvalue weighted by molar-refractivity contribution is 5.93. The maximum absolute atomic E-state index is 12.6. The number of aromatic amines is 1. The fourth-order valence-corrected chi connectivity index (χ4v) is 1.88. The van der Waals surface area contributed by atoms with E-state index in [1.54, 1.807) is 13.8 Å². The van der Waals surface area contributed by atoms with Crippen LogP contribution in [-0.4, -0.2) is 27.6 Å². The van der Waals surface area contributed by atoms with E-state index in [1.807, 2.05) is 5.10 Å². The fourth-order valence-electron chi connectivity index (χ4n) is 1.88. The lowest BCUT2D eigenvalue weighted by molar-refractivity contribution is -0.141. The van der Waals surface area contributed by atoms with Crippen molar-refractivity contribution >= 4 is 5.91 Å². The van der Waals surface area contributed by atoms with Gasteiger partial charge in [-0.1, -0.05) is 0 Å². The van der Waals surface area contributed by atoms with Crippen molar-refractivity contribution < 1.29 is 22.4 Å². The van der Waals surface area contributed by atoms with Crippen molar-refractivity contribution in [2.45, 2.75) is 26.4 Å². The van der Waals surface area contributed by atoms with E-state index in [9.17, 15) is 18.0 Å². The summed E-state index contributed by atoms with van der Waals surface area (Å²) in [4.78, 5) is 15.7. The number of nitrogens with one attached hydrogen (secondary N) is 2. The normalized spacial score (nSPS) is 11.7. The van der Waals surface area contributed by atoms with Gasteiger partial charge in [-0.25, -0.2) is 4.98 Å². The summed E-state index contributed by atoms with van der Waals surface area (Å²) in [5, 5.41) is 7.79. The van der Waals surface area contributed by atoms with Crippen molar-refractivity contribution in [2.75, 3.05) is 6.54 Å². The number of rotatable bonds is 4. The number of carbonyl (C=O) groups excluding carboxylic acids is 1. The monoisotopic (exact) mass is 302 g/mol. The largest absolute Gasteiger partial charge is 0.445 e. The van der Waals surface area contributed by atoms with Gasteiger partial charge in [0.15, 0.2) is 11.6 Å². The van der Waals surface area contributed by atoms with Gasteiger partial charge in [0.05, 0.1) is 6.20 Å². The third-order valence-electron chi connectivity index (χ3n) is 2.80. The van der Waals surface area contributed by atoms with Crippen LogP contribution in [0.3, 0.4) is 0 Å². The van der Waals surface area contributed by atoms with Crippen molar-refractivity contribution in [3.8, 4) is 0 Å². The minimum atomic E-state index is -4.49. The molecule has 0 fully saturated rings. The summed E-state index contributed by atoms with van der Waals surface area (Å²) in [7, 11) is 0. The van der Waals surface area contributed by atoms with Crippen LogP contribution >= 0.6 is 0 Å². The first-order chi connectivity index (χ1) is 9.79. The number of H-pyrrole nitrogens is 1. The number of aromatic nitrogens is 3. The molecule has 21 heavy (non-hydrogen) atoms. The number of alkyl halides is 3. The van der Waals surface area contributed by atoms with E-state index >= 15 is 0 Å². The number of hydrogen-bond acceptors (Lipinski definition) is 4. The standard InChI is InChI=1S/C12H13F3N4O2/c1-6-9(18-7(2)21-6)11(20)16-4-3-8-5-17-19-10(8)12(13,14)15/h5H,3-4H2,1-2H3,(H,16,20)(H,17,19). The fraction of sp³-hybridized carbons (Fsp3) is 0.417. The van der Waals surface area contributed by atoms with Crippen molar-refractivity contribution in [3.63, 3.8) is 0 Å². The molecule has 0 aliphatic heterocycles. The minimum absolute atomic E-state index is 0.00384. The number of amides is 1. The zero-order valence-electron chi connectivity index (χ0n) is 11.3. The average molecular weight is 302 g/mol. The summed E-state index contributed by atoms with van der Waals surface area (Å²) in [5.41, 5.74) is -0.767. The van der Waals surface area contributed by atoms with Gasteiger partial charge < -0.3 is 9.73 Å². The quantitative estimate of drug-likeness (QED) is 0.905. The van der Waals surface area contributed by atoms with Crippen LogP contribution in [0.15, 0.2) is 10.6 Å². The smallest absolute Gasteiger partial charge is 0.433 e. The first kappa shape index (κ1) is 15.1. The van der Waals surface area contributed by atoms with Crippen molar-refractivity contribution in [1.29, 1.82) is 0 Å². The Morgan fingerprint density at radius 1 is 1.43 bits per heavy atom. The Bertz CT molecular complexity index is 645. The second-order valence-corrected chi connectivity index (χ2v) is 4.41. The number of carbonyl (C=O) groups is 1. The van der Waals surface area contributed by atoms with Gasteiger partial charge >= 0.3 is 6.18 Å². The van der Waals surface area contributed by atoms with Gasteiger partial charge in [-0.2, -0.15) is 18.3 Å². The molecule has 0 unspecified atom stereocenters. The number of halogens is 3. The van der Waals surface area contributed by atoms with E-state index in [4.69, 9.17) is 4.42 Å². The van der Waals surface area contributed by atoms with Crippen molar-refractivity contribution in [2.24, 2.45) is 0 Å². The molecule has 0 aromatic carbocycles. The van der Waals surface area contributed by atoms with Crippen LogP contribution in [0, 0.1) is 13.8 Å². The zero-order chi connectivity index (χ0) is 15.6. The Balaban J connectivity index is 1.95. The molecule has 0 aliphatic carbocycles. The number of nitrogens with zero attached hydrogens (tertiary/aromatic N) is 2. The second kappa shape index (κ2) is 5.58. The van der Waals surface area contributed by atoms with E-state index in [0.717, 1.165) is 6.20 Å². The molecule has 6 nitrogen and oxygen atoms in total. The maximum Gasteiger partial charge on any atom is 0.433 e. The van der Waals surface area contributed by atoms with E-state index < -0.39 is 17.8 Å². The van der Waals surface area contributed by atoms with Gasteiger partial charge in [0.2, 0.25) is 0 Å². The highest BCUT2D eigenvalue weighted by Gasteiger charge is 2.35. The second-order valence-electron chi connectivity index (χ2n) is 4.41. The molecule has 0 aliphatic rings. The number of aryl methyl sites for hydroxylation is 2. The summed E-state index contributed by atoms with van der Waals surface area (Å²) < 4.78 is 42.9. The SMILES string of the molecule is Cc1nc(C(=O)NCCc2cn[nH]c2C(F)(F)F)c(C)o1. The van der Waals surface area contributed by atoms with E-state index in [2.05, 4.69) is 15.4 Å². The molecular weight excluding hydrogens is 289 g/mol. The molecule has 0 atom stereocenters. The van der Waals surface area contributed by atoms with Gasteiger partial charge in [0, 0.05) is 19.0 Å². The molecule has 2 N–H and O–H groups in total. The van der Waals surface area contributed by atoms with Crippen LogP contribution in [0.5, 0.6) is 0 Å². The topological polar surface area (TPSA) is 83.8 Å². The van der Waals surface area contributed by atoms with Crippen molar-refractivity contribution in [3.05, 3.63) is 34.8 Å². The molecule has 0 spiro atoms. The Morgan fingerprint density at radius 3 is 2.71 bits per heavy atom. The molecule has 2 rings (SSSR count). The van der Waals surface area contributed by atoms with Crippen molar-refractivity contribution in [1.82, 2.24) is 20.5 Å². The highest BCUT2D eigenvalue weighted by atomic mass is 19.4. The maximum atomic E-state index is 12.6. The predicted molar refractivity (Wildman–Crippen MR) is 65.6 cm³/mol. The van der Waals surface area contributed by atoms with E-state index in [0.29, 0.717) is 11.7 Å². The lowest BCUT2D eigenvalue weighted by atomic mass is 10.2. The predicted octanol–water partition coefficient (Wildman–Crippen LogP) is 2.01. The summed E-state index contributed by atoms with van der Waals surface area (Å²) in [5.74, 6) is 0.234. The molecule has 9 heteroatoms. The Kier molecular flexibility index (Phi) is 4.01. The molecular formula is C12H13F3N4O2. The molecule has 2 heterocycles. The van der Waals surface area contributed by atoms with Gasteiger partial charge in [-0.3, -0.25) is 9.89 Å². The van der Waals surface area contributed by atoms with Crippen LogP contribution < -0.4 is 5.32 Å². The molecule has 1 amide bonds. The van der Waals surface area contributed by atoms with Crippen LogP contribution in [0.4, 0.5) is 13.2 Å². The molecule has 114 valence electrons. The Labute approximate surface area is 117 Å².